The van der Waals surface area contributed by atoms with Crippen molar-refractivity contribution < 1.29 is 14.7 Å². The van der Waals surface area contributed by atoms with E-state index in [1.165, 1.54) is 29.5 Å². The number of carbonyl (C=O) groups excluding carboxylic acids is 1. The van der Waals surface area contributed by atoms with Crippen molar-refractivity contribution in [1.29, 1.82) is 0 Å². The fourth-order valence-electron chi connectivity index (χ4n) is 1.58. The maximum atomic E-state index is 11.9. The minimum absolute atomic E-state index is 0.0407. The van der Waals surface area contributed by atoms with Crippen LogP contribution in [0.1, 0.15) is 20.9 Å². The van der Waals surface area contributed by atoms with E-state index in [-0.39, 0.29) is 11.3 Å². The van der Waals surface area contributed by atoms with E-state index in [2.05, 4.69) is 15.6 Å². The van der Waals surface area contributed by atoms with Crippen LogP contribution in [0.4, 0.5) is 15.6 Å². The normalized spacial score (nSPS) is 10.2. The maximum Gasteiger partial charge on any atom is 0.337 e. The average molecular weight is 326 g/mol. The summed E-state index contributed by atoms with van der Waals surface area (Å²) in [5.74, 6) is -1.15. The summed E-state index contributed by atoms with van der Waals surface area (Å²) in [5.41, 5.74) is 0.919. The Hall–Kier alpha value is -2.12. The van der Waals surface area contributed by atoms with Crippen LogP contribution >= 0.6 is 22.9 Å². The van der Waals surface area contributed by atoms with Gasteiger partial charge >= 0.3 is 12.0 Å². The zero-order chi connectivity index (χ0) is 15.6. The summed E-state index contributed by atoms with van der Waals surface area (Å²) in [5, 5.41) is 14.9. The fourth-order valence-corrected chi connectivity index (χ4v) is 2.57. The number of halogens is 1. The number of nitrogens with zero attached hydrogens (tertiary/aromatic N) is 1. The first-order valence-corrected chi connectivity index (χ1v) is 7.11. The molecule has 8 heteroatoms. The van der Waals surface area contributed by atoms with Crippen molar-refractivity contribution in [3.8, 4) is 0 Å². The van der Waals surface area contributed by atoms with Crippen LogP contribution in [0, 0.1) is 13.8 Å². The van der Waals surface area contributed by atoms with Crippen LogP contribution in [0.2, 0.25) is 5.02 Å². The number of aromatic nitrogens is 1. The molecule has 0 saturated heterocycles. The monoisotopic (exact) mass is 325 g/mol. The Bertz CT molecular complexity index is 695. The van der Waals surface area contributed by atoms with Gasteiger partial charge in [0.1, 0.15) is 0 Å². The van der Waals surface area contributed by atoms with E-state index >= 15 is 0 Å². The molecule has 3 N–H and O–H groups in total. The minimum Gasteiger partial charge on any atom is -0.478 e. The van der Waals surface area contributed by atoms with E-state index in [1.54, 1.807) is 0 Å². The van der Waals surface area contributed by atoms with Crippen molar-refractivity contribution in [1.82, 2.24) is 4.98 Å². The fraction of sp³-hybridized carbons (Fsp3) is 0.154. The van der Waals surface area contributed by atoms with E-state index in [4.69, 9.17) is 16.7 Å². The number of rotatable bonds is 3. The van der Waals surface area contributed by atoms with Crippen molar-refractivity contribution in [3.63, 3.8) is 0 Å². The molecule has 2 amide bonds. The van der Waals surface area contributed by atoms with Crippen LogP contribution in [-0.4, -0.2) is 22.1 Å². The number of aromatic carboxylic acids is 1. The molecule has 0 radical (unpaired) electrons. The highest BCUT2D eigenvalue weighted by Crippen LogP contribution is 2.23. The molecule has 21 heavy (non-hydrogen) atoms. The molecule has 0 unspecified atom stereocenters. The first-order valence-electron chi connectivity index (χ1n) is 5.91. The number of amides is 2. The summed E-state index contributed by atoms with van der Waals surface area (Å²) in [6.45, 7) is 3.74. The Morgan fingerprint density at radius 3 is 2.57 bits per heavy atom. The molecule has 0 bridgehead atoms. The minimum atomic E-state index is -1.15. The lowest BCUT2D eigenvalue weighted by molar-refractivity contribution is 0.0698. The Morgan fingerprint density at radius 2 is 2.00 bits per heavy atom. The van der Waals surface area contributed by atoms with E-state index in [0.29, 0.717) is 10.2 Å². The lowest BCUT2D eigenvalue weighted by Crippen LogP contribution is -2.21. The topological polar surface area (TPSA) is 91.3 Å². The number of hydrogen-bond donors (Lipinski definition) is 3. The molecule has 2 aromatic rings. The van der Waals surface area contributed by atoms with Crippen molar-refractivity contribution in [2.24, 2.45) is 0 Å². The molecule has 0 atom stereocenters. The number of benzene rings is 1. The Kier molecular flexibility index (Phi) is 4.44. The Morgan fingerprint density at radius 1 is 1.29 bits per heavy atom. The van der Waals surface area contributed by atoms with Gasteiger partial charge in [-0.05, 0) is 32.0 Å². The first kappa shape index (κ1) is 15.3. The molecule has 1 heterocycles. The zero-order valence-corrected chi connectivity index (χ0v) is 12.8. The molecular weight excluding hydrogens is 314 g/mol. The summed E-state index contributed by atoms with van der Waals surface area (Å²) in [6, 6.07) is 3.58. The summed E-state index contributed by atoms with van der Waals surface area (Å²) < 4.78 is 0. The molecule has 1 aromatic carbocycles. The second-order valence-corrected chi connectivity index (χ2v) is 5.87. The number of hydrogen-bond acceptors (Lipinski definition) is 4. The van der Waals surface area contributed by atoms with Crippen molar-refractivity contribution in [2.45, 2.75) is 13.8 Å². The summed E-state index contributed by atoms with van der Waals surface area (Å²) in [4.78, 5) is 28.2. The molecule has 0 aliphatic carbocycles. The van der Waals surface area contributed by atoms with E-state index < -0.39 is 12.0 Å². The van der Waals surface area contributed by atoms with Gasteiger partial charge in [0.2, 0.25) is 0 Å². The number of nitrogens with one attached hydrogen (secondary N) is 2. The number of thiazole rings is 1. The lowest BCUT2D eigenvalue weighted by atomic mass is 10.2. The van der Waals surface area contributed by atoms with Gasteiger partial charge in [0, 0.05) is 9.90 Å². The second-order valence-electron chi connectivity index (χ2n) is 4.23. The number of aryl methyl sites for hydroxylation is 2. The largest absolute Gasteiger partial charge is 0.478 e. The van der Waals surface area contributed by atoms with Crippen molar-refractivity contribution in [3.05, 3.63) is 39.4 Å². The molecule has 6 nitrogen and oxygen atoms in total. The smallest absolute Gasteiger partial charge is 0.337 e. The molecule has 110 valence electrons. The average Bonchev–Trinajstić information content (AvgIpc) is 2.67. The Labute approximate surface area is 129 Å². The molecule has 0 fully saturated rings. The van der Waals surface area contributed by atoms with Crippen molar-refractivity contribution >= 4 is 45.8 Å². The molecule has 0 aliphatic heterocycles. The van der Waals surface area contributed by atoms with Gasteiger partial charge in [0.25, 0.3) is 0 Å². The first-order chi connectivity index (χ1) is 9.86. The van der Waals surface area contributed by atoms with Crippen LogP contribution in [0.25, 0.3) is 0 Å². The molecular formula is C13H12ClN3O3S. The highest BCUT2D eigenvalue weighted by Gasteiger charge is 2.14. The maximum absolute atomic E-state index is 11.9. The quantitative estimate of drug-likeness (QED) is 0.801. The summed E-state index contributed by atoms with van der Waals surface area (Å²) in [6.07, 6.45) is 0. The summed E-state index contributed by atoms with van der Waals surface area (Å²) >= 11 is 7.16. The van der Waals surface area contributed by atoms with E-state index in [9.17, 15) is 9.59 Å². The standard InChI is InChI=1S/C13H12ClN3O3S/c1-6-7(2)21-13(15-6)17-12(20)16-10-5-8(14)3-4-9(10)11(18)19/h3-5H,1-2H3,(H,18,19)(H2,15,16,17,20). The highest BCUT2D eigenvalue weighted by molar-refractivity contribution is 7.15. The molecule has 0 aliphatic rings. The number of carbonyl (C=O) groups is 2. The van der Waals surface area contributed by atoms with Gasteiger partial charge in [-0.1, -0.05) is 11.6 Å². The number of carboxylic acid groups (broad SMARTS) is 1. The number of anilines is 2. The molecule has 0 saturated carbocycles. The third kappa shape index (κ3) is 3.71. The van der Waals surface area contributed by atoms with Gasteiger partial charge in [-0.3, -0.25) is 5.32 Å². The van der Waals surface area contributed by atoms with Gasteiger partial charge < -0.3 is 10.4 Å². The van der Waals surface area contributed by atoms with Crippen LogP contribution in [-0.2, 0) is 0 Å². The molecule has 1 aromatic heterocycles. The second kappa shape index (κ2) is 6.11. The third-order valence-electron chi connectivity index (χ3n) is 2.71. The number of carboxylic acids is 1. The SMILES string of the molecule is Cc1nc(NC(=O)Nc2cc(Cl)ccc2C(=O)O)sc1C. The van der Waals surface area contributed by atoms with E-state index in [0.717, 1.165) is 10.6 Å². The van der Waals surface area contributed by atoms with Gasteiger partial charge in [-0.15, -0.1) is 11.3 Å². The molecule has 0 spiro atoms. The lowest BCUT2D eigenvalue weighted by Gasteiger charge is -2.09. The highest BCUT2D eigenvalue weighted by atomic mass is 35.5. The Balaban J connectivity index is 2.16. The van der Waals surface area contributed by atoms with Crippen LogP contribution in [0.5, 0.6) is 0 Å². The van der Waals surface area contributed by atoms with Gasteiger partial charge in [-0.25, -0.2) is 14.6 Å². The predicted octanol–water partition coefficient (Wildman–Crippen LogP) is 3.76. The van der Waals surface area contributed by atoms with Crippen LogP contribution in [0.3, 0.4) is 0 Å². The van der Waals surface area contributed by atoms with Crippen LogP contribution in [0.15, 0.2) is 18.2 Å². The van der Waals surface area contributed by atoms with Gasteiger partial charge in [0.15, 0.2) is 5.13 Å². The third-order valence-corrected chi connectivity index (χ3v) is 3.93. The predicted molar refractivity (Wildman–Crippen MR) is 82.6 cm³/mol. The van der Waals surface area contributed by atoms with Crippen LogP contribution < -0.4 is 10.6 Å². The van der Waals surface area contributed by atoms with Crippen molar-refractivity contribution in [2.75, 3.05) is 10.6 Å². The number of urea groups is 1. The van der Waals surface area contributed by atoms with E-state index in [1.807, 2.05) is 13.8 Å². The molecule has 2 rings (SSSR count). The zero-order valence-electron chi connectivity index (χ0n) is 11.2. The summed E-state index contributed by atoms with van der Waals surface area (Å²) in [7, 11) is 0. The van der Waals surface area contributed by atoms with Gasteiger partial charge in [0.05, 0.1) is 16.9 Å². The van der Waals surface area contributed by atoms with Gasteiger partial charge in [-0.2, -0.15) is 0 Å².